The molecule has 1 aromatic rings. The Balaban J connectivity index is 0.00000243. The Hall–Kier alpha value is -1.59. The fourth-order valence-electron chi connectivity index (χ4n) is 5.06. The van der Waals surface area contributed by atoms with Gasteiger partial charge in [0.25, 0.3) is 0 Å². The largest absolute Gasteiger partial charge is 0.457 e. The number of halogens is 1. The second-order valence-corrected chi connectivity index (χ2v) is 7.50. The van der Waals surface area contributed by atoms with Crippen LogP contribution in [-0.2, 0) is 26.2 Å². The molecule has 0 aromatic heterocycles. The summed E-state index contributed by atoms with van der Waals surface area (Å²) in [5, 5.41) is 0. The van der Waals surface area contributed by atoms with Crippen LogP contribution in [0.1, 0.15) is 51.7 Å². The Bertz CT molecular complexity index is 722. The van der Waals surface area contributed by atoms with E-state index in [1.807, 2.05) is 12.1 Å². The minimum atomic E-state index is -0.609. The van der Waals surface area contributed by atoms with E-state index in [2.05, 4.69) is 31.9 Å². The highest BCUT2D eigenvalue weighted by molar-refractivity contribution is 5.85. The number of esters is 2. The second kappa shape index (κ2) is 7.20. The molecule has 144 valence electrons. The first kappa shape index (κ1) is 20.7. The van der Waals surface area contributed by atoms with E-state index >= 15 is 0 Å². The van der Waals surface area contributed by atoms with Crippen molar-refractivity contribution in [1.82, 2.24) is 4.90 Å². The van der Waals surface area contributed by atoms with Crippen LogP contribution in [0.15, 0.2) is 18.2 Å². The lowest BCUT2D eigenvalue weighted by Crippen LogP contribution is -2.70. The quantitative estimate of drug-likeness (QED) is 0.594. The molecule has 0 amide bonds. The molecule has 1 saturated heterocycles. The van der Waals surface area contributed by atoms with Crippen molar-refractivity contribution in [3.05, 3.63) is 29.3 Å². The van der Waals surface area contributed by atoms with Crippen LogP contribution in [-0.4, -0.2) is 42.1 Å². The van der Waals surface area contributed by atoms with E-state index < -0.39 is 5.60 Å². The number of nitrogens with zero attached hydrogens (tertiary/aromatic N) is 1. The second-order valence-electron chi connectivity index (χ2n) is 7.50. The Kier molecular flexibility index (Phi) is 5.74. The van der Waals surface area contributed by atoms with Crippen LogP contribution in [0.2, 0.25) is 0 Å². The molecule has 0 saturated carbocycles. The molecule has 2 bridgehead atoms. The molecule has 1 heterocycles. The number of likely N-dealkylation sites (N-methyl/N-ethyl adjacent to an activating group) is 1. The molecule has 5 nitrogen and oxygen atoms in total. The topological polar surface area (TPSA) is 55.8 Å². The van der Waals surface area contributed by atoms with E-state index in [4.69, 9.17) is 9.47 Å². The molecule has 0 spiro atoms. The summed E-state index contributed by atoms with van der Waals surface area (Å²) in [6.07, 6.45) is 2.58. The highest BCUT2D eigenvalue weighted by atomic mass is 35.5. The van der Waals surface area contributed by atoms with Crippen LogP contribution < -0.4 is 4.74 Å². The summed E-state index contributed by atoms with van der Waals surface area (Å²) in [6, 6.07) is 6.02. The van der Waals surface area contributed by atoms with Gasteiger partial charge in [-0.25, -0.2) is 0 Å². The summed E-state index contributed by atoms with van der Waals surface area (Å²) in [5.41, 5.74) is 1.52. The zero-order valence-corrected chi connectivity index (χ0v) is 16.9. The number of benzene rings is 1. The zero-order chi connectivity index (χ0) is 18.4. The van der Waals surface area contributed by atoms with Gasteiger partial charge in [0.15, 0.2) is 0 Å². The van der Waals surface area contributed by atoms with Gasteiger partial charge in [0, 0.05) is 19.3 Å². The minimum Gasteiger partial charge on any atom is -0.457 e. The Labute approximate surface area is 161 Å². The van der Waals surface area contributed by atoms with E-state index in [9.17, 15) is 9.59 Å². The molecule has 26 heavy (non-hydrogen) atoms. The molecule has 0 unspecified atom stereocenters. The number of piperidine rings is 1. The SMILES string of the molecule is CC[C@]12CCN(C)[C@@H](Cc3ccc(OC(C)=O)cc31)[C@@]2(C)OC(C)=O.Cl. The van der Waals surface area contributed by atoms with Gasteiger partial charge in [0.05, 0.1) is 6.04 Å². The van der Waals surface area contributed by atoms with Crippen molar-refractivity contribution < 1.29 is 19.1 Å². The number of carbonyl (C=O) groups excluding carboxylic acids is 2. The lowest BCUT2D eigenvalue weighted by molar-refractivity contribution is -0.188. The number of carbonyl (C=O) groups is 2. The summed E-state index contributed by atoms with van der Waals surface area (Å²) in [5.74, 6) is -0.0212. The Morgan fingerprint density at radius 2 is 1.96 bits per heavy atom. The van der Waals surface area contributed by atoms with Gasteiger partial charge >= 0.3 is 11.9 Å². The third-order valence-electron chi connectivity index (χ3n) is 6.24. The van der Waals surface area contributed by atoms with E-state index in [-0.39, 0.29) is 35.8 Å². The molecule has 1 aliphatic heterocycles. The van der Waals surface area contributed by atoms with Gasteiger partial charge in [-0.2, -0.15) is 0 Å². The van der Waals surface area contributed by atoms with Crippen molar-refractivity contribution >= 4 is 24.3 Å². The first-order valence-corrected chi connectivity index (χ1v) is 8.95. The maximum atomic E-state index is 11.9. The molecule has 3 atom stereocenters. The molecular weight excluding hydrogens is 354 g/mol. The van der Waals surface area contributed by atoms with Crippen molar-refractivity contribution in [2.24, 2.45) is 0 Å². The van der Waals surface area contributed by atoms with Gasteiger partial charge in [-0.1, -0.05) is 13.0 Å². The van der Waals surface area contributed by atoms with E-state index in [0.29, 0.717) is 5.75 Å². The summed E-state index contributed by atoms with van der Waals surface area (Å²) in [7, 11) is 2.10. The lowest BCUT2D eigenvalue weighted by atomic mass is 9.54. The van der Waals surface area contributed by atoms with Crippen LogP contribution in [0.4, 0.5) is 0 Å². The summed E-state index contributed by atoms with van der Waals surface area (Å²) in [6.45, 7) is 8.06. The van der Waals surface area contributed by atoms with Crippen molar-refractivity contribution in [2.45, 2.75) is 64.0 Å². The van der Waals surface area contributed by atoms with Gasteiger partial charge in [-0.3, -0.25) is 14.5 Å². The Morgan fingerprint density at radius 1 is 1.27 bits per heavy atom. The average Bonchev–Trinajstić information content (AvgIpc) is 2.51. The van der Waals surface area contributed by atoms with Crippen molar-refractivity contribution in [1.29, 1.82) is 0 Å². The van der Waals surface area contributed by atoms with Crippen LogP contribution in [0, 0.1) is 0 Å². The molecule has 2 aliphatic rings. The molecule has 1 aliphatic carbocycles. The molecule has 6 heteroatoms. The maximum Gasteiger partial charge on any atom is 0.308 e. The van der Waals surface area contributed by atoms with Gasteiger partial charge in [-0.05, 0) is 63.0 Å². The van der Waals surface area contributed by atoms with Crippen LogP contribution in [0.3, 0.4) is 0 Å². The third-order valence-corrected chi connectivity index (χ3v) is 6.24. The number of likely N-dealkylation sites (tertiary alicyclic amines) is 1. The van der Waals surface area contributed by atoms with Crippen molar-refractivity contribution in [3.63, 3.8) is 0 Å². The van der Waals surface area contributed by atoms with Gasteiger partial charge < -0.3 is 9.47 Å². The Morgan fingerprint density at radius 3 is 2.54 bits per heavy atom. The number of fused-ring (bicyclic) bond motifs is 4. The molecule has 0 N–H and O–H groups in total. The van der Waals surface area contributed by atoms with Gasteiger partial charge in [0.2, 0.25) is 0 Å². The predicted octanol–water partition coefficient (Wildman–Crippen LogP) is 3.26. The fourth-order valence-corrected chi connectivity index (χ4v) is 5.06. The van der Waals surface area contributed by atoms with Crippen LogP contribution >= 0.6 is 12.4 Å². The number of rotatable bonds is 3. The van der Waals surface area contributed by atoms with Crippen LogP contribution in [0.5, 0.6) is 5.75 Å². The molecule has 3 rings (SSSR count). The number of ether oxygens (including phenoxy) is 2. The lowest BCUT2D eigenvalue weighted by Gasteiger charge is -2.61. The number of hydrogen-bond donors (Lipinski definition) is 0. The molecule has 0 radical (unpaired) electrons. The van der Waals surface area contributed by atoms with E-state index in [1.54, 1.807) is 0 Å². The average molecular weight is 382 g/mol. The van der Waals surface area contributed by atoms with Crippen molar-refractivity contribution in [2.75, 3.05) is 13.6 Å². The zero-order valence-electron chi connectivity index (χ0n) is 16.1. The summed E-state index contributed by atoms with van der Waals surface area (Å²) in [4.78, 5) is 25.6. The number of hydrogen-bond acceptors (Lipinski definition) is 5. The predicted molar refractivity (Wildman–Crippen MR) is 102 cm³/mol. The van der Waals surface area contributed by atoms with E-state index in [0.717, 1.165) is 31.4 Å². The van der Waals surface area contributed by atoms with E-state index in [1.165, 1.54) is 19.4 Å². The first-order valence-electron chi connectivity index (χ1n) is 8.95. The first-order chi connectivity index (χ1) is 11.7. The van der Waals surface area contributed by atoms with Crippen molar-refractivity contribution in [3.8, 4) is 5.75 Å². The summed E-state index contributed by atoms with van der Waals surface area (Å²) < 4.78 is 11.3. The molecule has 1 aromatic carbocycles. The van der Waals surface area contributed by atoms with Crippen LogP contribution in [0.25, 0.3) is 0 Å². The summed E-state index contributed by atoms with van der Waals surface area (Å²) >= 11 is 0. The molecule has 1 fully saturated rings. The normalized spacial score (nSPS) is 30.0. The van der Waals surface area contributed by atoms with Gasteiger partial charge in [0.1, 0.15) is 11.4 Å². The highest BCUT2D eigenvalue weighted by Crippen LogP contribution is 2.55. The van der Waals surface area contributed by atoms with Gasteiger partial charge in [-0.15, -0.1) is 12.4 Å². The standard InChI is InChI=1S/C20H27NO4.ClH/c1-6-20-9-10-21(5)18(19(20,4)25-14(3)23)11-15-7-8-16(12-17(15)20)24-13(2)22;/h7-8,12,18H,6,9-11H2,1-5H3;1H/t18-,19+,20-;/m0./s1. The third kappa shape index (κ3) is 3.01. The highest BCUT2D eigenvalue weighted by Gasteiger charge is 2.61. The smallest absolute Gasteiger partial charge is 0.308 e. The maximum absolute atomic E-state index is 11.9. The fraction of sp³-hybridized carbons (Fsp3) is 0.600. The minimum absolute atomic E-state index is 0. The monoisotopic (exact) mass is 381 g/mol. The molecular formula is C20H28ClNO4.